The van der Waals surface area contributed by atoms with Gasteiger partial charge in [-0.25, -0.2) is 0 Å². The minimum absolute atomic E-state index is 0.389. The van der Waals surface area contributed by atoms with Crippen LogP contribution in [0.2, 0.25) is 0 Å². The Kier molecular flexibility index (Phi) is 5.77. The maximum Gasteiger partial charge on any atom is 0.0208 e. The van der Waals surface area contributed by atoms with E-state index < -0.39 is 0 Å². The fourth-order valence-corrected chi connectivity index (χ4v) is 2.90. The van der Waals surface area contributed by atoms with Gasteiger partial charge in [-0.05, 0) is 44.6 Å². The van der Waals surface area contributed by atoms with E-state index >= 15 is 0 Å². The first-order valence-corrected chi connectivity index (χ1v) is 7.15. The molecule has 2 nitrogen and oxygen atoms in total. The first kappa shape index (κ1) is 14.0. The van der Waals surface area contributed by atoms with Gasteiger partial charge in [-0.15, -0.1) is 0 Å². The van der Waals surface area contributed by atoms with E-state index in [4.69, 9.17) is 5.73 Å². The third-order valence-corrected chi connectivity index (χ3v) is 4.49. The molecule has 1 rings (SSSR count). The van der Waals surface area contributed by atoms with Crippen molar-refractivity contribution in [2.24, 2.45) is 11.7 Å². The number of hydrogen-bond acceptors (Lipinski definition) is 2. The zero-order valence-corrected chi connectivity index (χ0v) is 11.4. The van der Waals surface area contributed by atoms with Gasteiger partial charge in [0.25, 0.3) is 0 Å². The van der Waals surface area contributed by atoms with Gasteiger partial charge in [0.1, 0.15) is 0 Å². The number of unbranched alkanes of at least 4 members (excludes halogenated alkanes) is 1. The van der Waals surface area contributed by atoms with E-state index in [9.17, 15) is 0 Å². The Morgan fingerprint density at radius 3 is 2.44 bits per heavy atom. The van der Waals surface area contributed by atoms with Crippen LogP contribution in [0.5, 0.6) is 0 Å². The Morgan fingerprint density at radius 2 is 1.94 bits per heavy atom. The monoisotopic (exact) mass is 226 g/mol. The molecule has 3 N–H and O–H groups in total. The molecule has 0 bridgehead atoms. The Balaban J connectivity index is 2.54. The molecule has 16 heavy (non-hydrogen) atoms. The molecule has 1 atom stereocenters. The fraction of sp³-hybridized carbons (Fsp3) is 1.00. The van der Waals surface area contributed by atoms with Crippen molar-refractivity contribution in [2.45, 2.75) is 77.3 Å². The molecule has 0 aromatic heterocycles. The van der Waals surface area contributed by atoms with E-state index in [-0.39, 0.29) is 0 Å². The van der Waals surface area contributed by atoms with Crippen LogP contribution in [0.1, 0.15) is 65.7 Å². The van der Waals surface area contributed by atoms with E-state index in [2.05, 4.69) is 26.1 Å². The molecule has 96 valence electrons. The quantitative estimate of drug-likeness (QED) is 0.683. The topological polar surface area (TPSA) is 38.0 Å². The van der Waals surface area contributed by atoms with Gasteiger partial charge in [0.2, 0.25) is 0 Å². The molecule has 1 unspecified atom stereocenters. The summed E-state index contributed by atoms with van der Waals surface area (Å²) >= 11 is 0. The second kappa shape index (κ2) is 6.61. The molecule has 0 saturated heterocycles. The lowest BCUT2D eigenvalue weighted by Crippen LogP contribution is -2.54. The molecule has 1 fully saturated rings. The lowest BCUT2D eigenvalue weighted by molar-refractivity contribution is 0.142. The highest BCUT2D eigenvalue weighted by Crippen LogP contribution is 2.35. The number of nitrogens with two attached hydrogens (primary N) is 1. The van der Waals surface area contributed by atoms with Crippen molar-refractivity contribution >= 4 is 0 Å². The summed E-state index contributed by atoms with van der Waals surface area (Å²) in [4.78, 5) is 0. The van der Waals surface area contributed by atoms with Crippen LogP contribution >= 0.6 is 0 Å². The SMILES string of the molecule is CCCCNC1(C(C)CC)CCC(N)CC1. The van der Waals surface area contributed by atoms with Crippen LogP contribution in [-0.2, 0) is 0 Å². The summed E-state index contributed by atoms with van der Waals surface area (Å²) in [6.45, 7) is 8.14. The molecule has 0 aromatic carbocycles. The standard InChI is InChI=1S/C14H30N2/c1-4-6-11-16-14(12(3)5-2)9-7-13(15)8-10-14/h12-13,16H,4-11,15H2,1-3H3. The minimum atomic E-state index is 0.389. The number of hydrogen-bond donors (Lipinski definition) is 2. The van der Waals surface area contributed by atoms with Crippen molar-refractivity contribution < 1.29 is 0 Å². The highest BCUT2D eigenvalue weighted by molar-refractivity contribution is 4.97. The summed E-state index contributed by atoms with van der Waals surface area (Å²) in [5.41, 5.74) is 6.41. The molecule has 0 aromatic rings. The van der Waals surface area contributed by atoms with Crippen LogP contribution in [0.4, 0.5) is 0 Å². The lowest BCUT2D eigenvalue weighted by Gasteiger charge is -2.44. The number of rotatable bonds is 6. The highest BCUT2D eigenvalue weighted by Gasteiger charge is 2.37. The summed E-state index contributed by atoms with van der Waals surface area (Å²) in [5.74, 6) is 0.775. The second-order valence-electron chi connectivity index (χ2n) is 5.58. The first-order chi connectivity index (χ1) is 7.64. The van der Waals surface area contributed by atoms with Crippen LogP contribution < -0.4 is 11.1 Å². The van der Waals surface area contributed by atoms with E-state index in [0.29, 0.717) is 11.6 Å². The van der Waals surface area contributed by atoms with Gasteiger partial charge in [0, 0.05) is 11.6 Å². The molecular weight excluding hydrogens is 196 g/mol. The molecule has 0 amide bonds. The molecule has 0 aliphatic heterocycles. The van der Waals surface area contributed by atoms with Gasteiger partial charge in [0.15, 0.2) is 0 Å². The molecule has 1 aliphatic rings. The molecule has 1 saturated carbocycles. The maximum atomic E-state index is 6.02. The minimum Gasteiger partial charge on any atom is -0.328 e. The lowest BCUT2D eigenvalue weighted by atomic mass is 9.71. The largest absolute Gasteiger partial charge is 0.328 e. The van der Waals surface area contributed by atoms with E-state index in [1.165, 1.54) is 51.5 Å². The zero-order valence-electron chi connectivity index (χ0n) is 11.4. The summed E-state index contributed by atoms with van der Waals surface area (Å²) in [7, 11) is 0. The van der Waals surface area contributed by atoms with Crippen molar-refractivity contribution in [3.05, 3.63) is 0 Å². The van der Waals surface area contributed by atoms with Gasteiger partial charge in [-0.2, -0.15) is 0 Å². The van der Waals surface area contributed by atoms with Crippen LogP contribution in [-0.4, -0.2) is 18.1 Å². The fourth-order valence-electron chi connectivity index (χ4n) is 2.90. The summed E-state index contributed by atoms with van der Waals surface area (Å²) in [6, 6.07) is 0.449. The Bertz CT molecular complexity index is 183. The van der Waals surface area contributed by atoms with E-state index in [1.54, 1.807) is 0 Å². The zero-order chi connectivity index (χ0) is 12.0. The summed E-state index contributed by atoms with van der Waals surface area (Å²) < 4.78 is 0. The van der Waals surface area contributed by atoms with Crippen molar-refractivity contribution in [1.82, 2.24) is 5.32 Å². The predicted octanol–water partition coefficient (Wildman–Crippen LogP) is 3.06. The van der Waals surface area contributed by atoms with Gasteiger partial charge in [0.05, 0.1) is 0 Å². The normalized spacial score (nSPS) is 32.6. The Hall–Kier alpha value is -0.0800. The maximum absolute atomic E-state index is 6.02. The first-order valence-electron chi connectivity index (χ1n) is 7.15. The van der Waals surface area contributed by atoms with Gasteiger partial charge in [-0.1, -0.05) is 33.6 Å². The smallest absolute Gasteiger partial charge is 0.0208 e. The molecule has 1 aliphatic carbocycles. The van der Waals surface area contributed by atoms with Crippen molar-refractivity contribution in [1.29, 1.82) is 0 Å². The van der Waals surface area contributed by atoms with Crippen molar-refractivity contribution in [3.8, 4) is 0 Å². The molecule has 0 spiro atoms. The Morgan fingerprint density at radius 1 is 1.31 bits per heavy atom. The molecule has 0 radical (unpaired) electrons. The number of nitrogens with one attached hydrogen (secondary N) is 1. The average molecular weight is 226 g/mol. The Labute approximate surface area is 101 Å². The summed E-state index contributed by atoms with van der Waals surface area (Å²) in [5, 5.41) is 3.85. The van der Waals surface area contributed by atoms with E-state index in [0.717, 1.165) is 5.92 Å². The van der Waals surface area contributed by atoms with Crippen LogP contribution in [0.25, 0.3) is 0 Å². The third-order valence-electron chi connectivity index (χ3n) is 4.49. The van der Waals surface area contributed by atoms with Crippen molar-refractivity contribution in [3.63, 3.8) is 0 Å². The van der Waals surface area contributed by atoms with Crippen LogP contribution in [0, 0.1) is 5.92 Å². The van der Waals surface area contributed by atoms with Gasteiger partial charge < -0.3 is 11.1 Å². The molecule has 2 heteroatoms. The van der Waals surface area contributed by atoms with Crippen molar-refractivity contribution in [2.75, 3.05) is 6.54 Å². The predicted molar refractivity (Wildman–Crippen MR) is 71.5 cm³/mol. The van der Waals surface area contributed by atoms with Gasteiger partial charge in [-0.3, -0.25) is 0 Å². The molecular formula is C14H30N2. The third kappa shape index (κ3) is 3.46. The van der Waals surface area contributed by atoms with Crippen LogP contribution in [0.3, 0.4) is 0 Å². The highest BCUT2D eigenvalue weighted by atomic mass is 15.0. The van der Waals surface area contributed by atoms with Crippen LogP contribution in [0.15, 0.2) is 0 Å². The average Bonchev–Trinajstić information content (AvgIpc) is 2.31. The van der Waals surface area contributed by atoms with Gasteiger partial charge >= 0.3 is 0 Å². The second-order valence-corrected chi connectivity index (χ2v) is 5.58. The summed E-state index contributed by atoms with van der Waals surface area (Å²) in [6.07, 6.45) is 8.79. The van der Waals surface area contributed by atoms with E-state index in [1.807, 2.05) is 0 Å². The molecule has 0 heterocycles.